The van der Waals surface area contributed by atoms with Gasteiger partial charge in [0.2, 0.25) is 0 Å². The average Bonchev–Trinajstić information content (AvgIpc) is 3.22. The summed E-state index contributed by atoms with van der Waals surface area (Å²) in [7, 11) is 0. The monoisotopic (exact) mass is 576 g/mol. The van der Waals surface area contributed by atoms with Gasteiger partial charge in [-0.25, -0.2) is 4.98 Å². The Hall–Kier alpha value is -4.03. The summed E-state index contributed by atoms with van der Waals surface area (Å²) in [6.07, 6.45) is 4.47. The van der Waals surface area contributed by atoms with E-state index in [9.17, 15) is 4.79 Å². The second-order valence-electron chi connectivity index (χ2n) is 9.90. The summed E-state index contributed by atoms with van der Waals surface area (Å²) in [5.41, 5.74) is 5.07. The molecule has 39 heavy (non-hydrogen) atoms. The van der Waals surface area contributed by atoms with Crippen LogP contribution in [0.3, 0.4) is 0 Å². The molecule has 0 aliphatic rings. The Morgan fingerprint density at radius 2 is 1.69 bits per heavy atom. The van der Waals surface area contributed by atoms with Gasteiger partial charge in [0.15, 0.2) is 0 Å². The van der Waals surface area contributed by atoms with E-state index < -0.39 is 0 Å². The van der Waals surface area contributed by atoms with E-state index in [2.05, 4.69) is 101 Å². The molecule has 0 bridgehead atoms. The standard InChI is InChI=1S/C33H29BrN4O/c1-3-4-16-32-36-30-18-17-25(34)19-28(30)33(39)38(32)35-20-29-22(2)37(31-15-8-7-14-27(29)31)21-24-12-9-11-23-10-5-6-13-26(23)24/h5-15,17-20H,3-4,16,21H2,1-2H3. The van der Waals surface area contributed by atoms with Crippen LogP contribution >= 0.6 is 15.9 Å². The quantitative estimate of drug-likeness (QED) is 0.182. The molecule has 4 aromatic carbocycles. The van der Waals surface area contributed by atoms with Crippen molar-refractivity contribution in [2.24, 2.45) is 5.10 Å². The number of fused-ring (bicyclic) bond motifs is 3. The fourth-order valence-electron chi connectivity index (χ4n) is 5.35. The molecule has 0 fully saturated rings. The number of rotatable bonds is 7. The molecule has 2 aromatic heterocycles. The lowest BCUT2D eigenvalue weighted by molar-refractivity contribution is 0.675. The molecule has 0 saturated carbocycles. The van der Waals surface area contributed by atoms with Crippen LogP contribution < -0.4 is 5.56 Å². The molecule has 6 rings (SSSR count). The molecule has 0 amide bonds. The third-order valence-electron chi connectivity index (χ3n) is 7.42. The van der Waals surface area contributed by atoms with Crippen LogP contribution in [0.15, 0.2) is 99.3 Å². The van der Waals surface area contributed by atoms with Gasteiger partial charge in [-0.2, -0.15) is 9.78 Å². The molecule has 6 aromatic rings. The van der Waals surface area contributed by atoms with Crippen LogP contribution in [0.4, 0.5) is 0 Å². The number of hydrogen-bond donors (Lipinski definition) is 0. The molecular formula is C33H29BrN4O. The Morgan fingerprint density at radius 1 is 0.923 bits per heavy atom. The van der Waals surface area contributed by atoms with Gasteiger partial charge in [0.05, 0.1) is 17.1 Å². The lowest BCUT2D eigenvalue weighted by atomic mass is 10.0. The van der Waals surface area contributed by atoms with Crippen molar-refractivity contribution in [2.75, 3.05) is 0 Å². The van der Waals surface area contributed by atoms with Gasteiger partial charge in [0, 0.05) is 39.6 Å². The van der Waals surface area contributed by atoms with Crippen LogP contribution in [-0.4, -0.2) is 20.4 Å². The number of halogens is 1. The number of para-hydroxylation sites is 1. The van der Waals surface area contributed by atoms with Gasteiger partial charge in [-0.3, -0.25) is 4.79 Å². The third kappa shape index (κ3) is 4.70. The number of benzene rings is 4. The van der Waals surface area contributed by atoms with E-state index in [0.29, 0.717) is 23.1 Å². The lowest BCUT2D eigenvalue weighted by Gasteiger charge is -2.11. The Balaban J connectivity index is 1.48. The molecule has 0 spiro atoms. The highest BCUT2D eigenvalue weighted by atomic mass is 79.9. The Bertz CT molecular complexity index is 1930. The zero-order chi connectivity index (χ0) is 26.9. The van der Waals surface area contributed by atoms with E-state index >= 15 is 0 Å². The second kappa shape index (κ2) is 10.6. The van der Waals surface area contributed by atoms with Crippen LogP contribution in [0.2, 0.25) is 0 Å². The van der Waals surface area contributed by atoms with E-state index in [1.54, 1.807) is 0 Å². The van der Waals surface area contributed by atoms with Gasteiger partial charge in [-0.15, -0.1) is 0 Å². The molecule has 5 nitrogen and oxygen atoms in total. The number of nitrogens with zero attached hydrogens (tertiary/aromatic N) is 4. The van der Waals surface area contributed by atoms with Crippen molar-refractivity contribution in [2.45, 2.75) is 39.7 Å². The van der Waals surface area contributed by atoms with E-state index in [1.165, 1.54) is 21.0 Å². The summed E-state index contributed by atoms with van der Waals surface area (Å²) in [6.45, 7) is 5.01. The summed E-state index contributed by atoms with van der Waals surface area (Å²) in [6, 6.07) is 29.0. The molecule has 2 heterocycles. The summed E-state index contributed by atoms with van der Waals surface area (Å²) in [5, 5.41) is 8.93. The minimum absolute atomic E-state index is 0.152. The van der Waals surface area contributed by atoms with Gasteiger partial charge in [-0.1, -0.05) is 89.9 Å². The van der Waals surface area contributed by atoms with Crippen LogP contribution in [0.1, 0.15) is 42.4 Å². The van der Waals surface area contributed by atoms with Gasteiger partial charge in [0.1, 0.15) is 5.82 Å². The number of aryl methyl sites for hydroxylation is 1. The summed E-state index contributed by atoms with van der Waals surface area (Å²) in [5.74, 6) is 0.685. The zero-order valence-corrected chi connectivity index (χ0v) is 23.6. The first-order valence-corrected chi connectivity index (χ1v) is 14.1. The first-order chi connectivity index (χ1) is 19.0. The van der Waals surface area contributed by atoms with Crippen molar-refractivity contribution in [1.82, 2.24) is 14.2 Å². The predicted molar refractivity (Wildman–Crippen MR) is 165 cm³/mol. The highest BCUT2D eigenvalue weighted by molar-refractivity contribution is 9.10. The lowest BCUT2D eigenvalue weighted by Crippen LogP contribution is -2.22. The molecule has 0 radical (unpaired) electrons. The summed E-state index contributed by atoms with van der Waals surface area (Å²) >= 11 is 3.49. The first kappa shape index (κ1) is 25.3. The minimum atomic E-state index is -0.152. The fraction of sp³-hybridized carbons (Fsp3) is 0.182. The summed E-state index contributed by atoms with van der Waals surface area (Å²) in [4.78, 5) is 18.4. The predicted octanol–water partition coefficient (Wildman–Crippen LogP) is 7.85. The molecule has 0 unspecified atom stereocenters. The largest absolute Gasteiger partial charge is 0.340 e. The Kier molecular flexibility index (Phi) is 6.88. The van der Waals surface area contributed by atoms with Crippen molar-refractivity contribution in [3.05, 3.63) is 122 Å². The SMILES string of the molecule is CCCCc1nc2ccc(Br)cc2c(=O)n1N=Cc1c(C)n(Cc2cccc3ccccc23)c2ccccc12. The molecule has 194 valence electrons. The van der Waals surface area contributed by atoms with Gasteiger partial charge in [-0.05, 0) is 53.9 Å². The highest BCUT2D eigenvalue weighted by Gasteiger charge is 2.15. The maximum absolute atomic E-state index is 13.6. The van der Waals surface area contributed by atoms with Crippen molar-refractivity contribution in [1.29, 1.82) is 0 Å². The molecule has 0 N–H and O–H groups in total. The third-order valence-corrected chi connectivity index (χ3v) is 7.91. The second-order valence-corrected chi connectivity index (χ2v) is 10.8. The number of aromatic nitrogens is 3. The minimum Gasteiger partial charge on any atom is -0.340 e. The number of unbranched alkanes of at least 4 members (excludes halogenated alkanes) is 1. The molecule has 0 saturated heterocycles. The van der Waals surface area contributed by atoms with E-state index in [-0.39, 0.29) is 5.56 Å². The number of hydrogen-bond acceptors (Lipinski definition) is 3. The van der Waals surface area contributed by atoms with Crippen LogP contribution in [-0.2, 0) is 13.0 Å². The topological polar surface area (TPSA) is 52.2 Å². The van der Waals surface area contributed by atoms with Crippen LogP contribution in [0.25, 0.3) is 32.6 Å². The molecule has 0 aliphatic heterocycles. The zero-order valence-electron chi connectivity index (χ0n) is 22.1. The van der Waals surface area contributed by atoms with Crippen molar-refractivity contribution in [3.8, 4) is 0 Å². The van der Waals surface area contributed by atoms with Crippen LogP contribution in [0, 0.1) is 6.92 Å². The molecule has 0 atom stereocenters. The molecular weight excluding hydrogens is 548 g/mol. The average molecular weight is 578 g/mol. The maximum atomic E-state index is 13.6. The Labute approximate surface area is 235 Å². The van der Waals surface area contributed by atoms with Crippen molar-refractivity contribution < 1.29 is 0 Å². The van der Waals surface area contributed by atoms with Crippen molar-refractivity contribution in [3.63, 3.8) is 0 Å². The van der Waals surface area contributed by atoms with E-state index in [1.807, 2.05) is 24.4 Å². The maximum Gasteiger partial charge on any atom is 0.282 e. The molecule has 0 aliphatic carbocycles. The normalized spacial score (nSPS) is 11.9. The summed E-state index contributed by atoms with van der Waals surface area (Å²) < 4.78 is 4.67. The van der Waals surface area contributed by atoms with Gasteiger partial charge in [0.25, 0.3) is 5.56 Å². The van der Waals surface area contributed by atoms with Crippen molar-refractivity contribution >= 4 is 54.7 Å². The highest BCUT2D eigenvalue weighted by Crippen LogP contribution is 2.28. The van der Waals surface area contributed by atoms with Crippen LogP contribution in [0.5, 0.6) is 0 Å². The van der Waals surface area contributed by atoms with Gasteiger partial charge < -0.3 is 4.57 Å². The van der Waals surface area contributed by atoms with Gasteiger partial charge >= 0.3 is 0 Å². The van der Waals surface area contributed by atoms with E-state index in [4.69, 9.17) is 10.1 Å². The smallest absolute Gasteiger partial charge is 0.282 e. The first-order valence-electron chi connectivity index (χ1n) is 13.3. The van der Waals surface area contributed by atoms with E-state index in [0.717, 1.165) is 46.0 Å². The fourth-order valence-corrected chi connectivity index (χ4v) is 5.71. The molecule has 6 heteroatoms. The Morgan fingerprint density at radius 3 is 2.54 bits per heavy atom.